The summed E-state index contributed by atoms with van der Waals surface area (Å²) in [5.74, 6) is -3.54. The Labute approximate surface area is 118 Å². The molecule has 21 heavy (non-hydrogen) atoms. The maximum atomic E-state index is 12.4. The normalized spacial score (nSPS) is 15.7. The molecule has 2 N–H and O–H groups in total. The molecule has 0 radical (unpaired) electrons. The van der Waals surface area contributed by atoms with E-state index in [2.05, 4.69) is 4.74 Å². The lowest BCUT2D eigenvalue weighted by molar-refractivity contribution is -0.180. The van der Waals surface area contributed by atoms with E-state index in [4.69, 9.17) is 0 Å². The van der Waals surface area contributed by atoms with Crippen LogP contribution in [0.3, 0.4) is 0 Å². The predicted molar refractivity (Wildman–Crippen MR) is 66.0 cm³/mol. The smallest absolute Gasteiger partial charge is 0.467 e. The summed E-state index contributed by atoms with van der Waals surface area (Å²) in [5, 5.41) is 11.7. The minimum Gasteiger partial charge on any atom is -0.467 e. The van der Waals surface area contributed by atoms with Crippen LogP contribution in [0.15, 0.2) is 30.3 Å². The van der Waals surface area contributed by atoms with E-state index in [1.54, 1.807) is 6.07 Å². The van der Waals surface area contributed by atoms with Crippen molar-refractivity contribution < 1.29 is 32.6 Å². The van der Waals surface area contributed by atoms with Crippen LogP contribution in [0.4, 0.5) is 13.2 Å². The van der Waals surface area contributed by atoms with Crippen LogP contribution in [-0.4, -0.2) is 35.8 Å². The second-order valence-corrected chi connectivity index (χ2v) is 4.46. The molecular weight excluding hydrogens is 291 g/mol. The Morgan fingerprint density at radius 3 is 2.19 bits per heavy atom. The minimum absolute atomic E-state index is 0.160. The zero-order valence-electron chi connectivity index (χ0n) is 11.3. The van der Waals surface area contributed by atoms with Crippen LogP contribution in [0.1, 0.15) is 18.6 Å². The van der Waals surface area contributed by atoms with Gasteiger partial charge in [0.1, 0.15) is 6.10 Å². The zero-order valence-corrected chi connectivity index (χ0v) is 11.3. The summed E-state index contributed by atoms with van der Waals surface area (Å²) in [6, 6.07) is 7.50. The Hall–Kier alpha value is -2.09. The molecule has 2 unspecified atom stereocenters. The molecule has 0 saturated heterocycles. The lowest BCUT2D eigenvalue weighted by Gasteiger charge is -2.33. The van der Waals surface area contributed by atoms with E-state index in [1.165, 1.54) is 29.6 Å². The van der Waals surface area contributed by atoms with Crippen molar-refractivity contribution >= 4 is 11.9 Å². The molecule has 0 heterocycles. The zero-order chi connectivity index (χ0) is 16.3. The van der Waals surface area contributed by atoms with Crippen LogP contribution >= 0.6 is 0 Å². The maximum Gasteiger partial charge on any atom is 0.471 e. The van der Waals surface area contributed by atoms with Crippen molar-refractivity contribution in [1.82, 2.24) is 5.32 Å². The standard InChI is InChI=1S/C13H14F3NO4/c1-12(11(20)21-2,17-10(19)13(14,15)16)9(18)8-6-4-3-5-7-8/h3-7,9,18H,1-2H3,(H,17,19). The summed E-state index contributed by atoms with van der Waals surface area (Å²) in [6.07, 6.45) is -6.90. The number of halogens is 3. The number of methoxy groups -OCH3 is 1. The number of nitrogens with one attached hydrogen (secondary N) is 1. The highest BCUT2D eigenvalue weighted by Crippen LogP contribution is 2.28. The molecule has 1 amide bonds. The van der Waals surface area contributed by atoms with Gasteiger partial charge in [-0.3, -0.25) is 4.79 Å². The van der Waals surface area contributed by atoms with Gasteiger partial charge in [-0.15, -0.1) is 0 Å². The van der Waals surface area contributed by atoms with Gasteiger partial charge in [-0.25, -0.2) is 4.79 Å². The lowest BCUT2D eigenvalue weighted by atomic mass is 9.89. The molecule has 0 aromatic heterocycles. The third-order valence-corrected chi connectivity index (χ3v) is 2.90. The van der Waals surface area contributed by atoms with Crippen molar-refractivity contribution in [2.24, 2.45) is 0 Å². The van der Waals surface area contributed by atoms with Crippen LogP contribution in [0, 0.1) is 0 Å². The van der Waals surface area contributed by atoms with Crippen LogP contribution in [0.25, 0.3) is 0 Å². The van der Waals surface area contributed by atoms with Crippen LogP contribution < -0.4 is 5.32 Å². The lowest BCUT2D eigenvalue weighted by Crippen LogP contribution is -2.59. The first-order chi connectivity index (χ1) is 9.63. The first-order valence-corrected chi connectivity index (χ1v) is 5.83. The van der Waals surface area contributed by atoms with Crippen molar-refractivity contribution in [2.75, 3.05) is 7.11 Å². The van der Waals surface area contributed by atoms with Crippen molar-refractivity contribution in [3.8, 4) is 0 Å². The molecular formula is C13H14F3NO4. The first kappa shape index (κ1) is 17.0. The van der Waals surface area contributed by atoms with E-state index >= 15 is 0 Å². The molecule has 1 aromatic carbocycles. The number of hydrogen-bond donors (Lipinski definition) is 2. The maximum absolute atomic E-state index is 12.4. The van der Waals surface area contributed by atoms with Gasteiger partial charge in [0.25, 0.3) is 0 Å². The van der Waals surface area contributed by atoms with Gasteiger partial charge in [0, 0.05) is 0 Å². The molecule has 0 aliphatic rings. The summed E-state index contributed by atoms with van der Waals surface area (Å²) in [6.45, 7) is 0.958. The Morgan fingerprint density at radius 2 is 1.76 bits per heavy atom. The molecule has 8 heteroatoms. The fourth-order valence-corrected chi connectivity index (χ4v) is 1.72. The third kappa shape index (κ3) is 3.72. The highest BCUT2D eigenvalue weighted by atomic mass is 19.4. The van der Waals surface area contributed by atoms with Crippen molar-refractivity contribution in [1.29, 1.82) is 0 Å². The summed E-state index contributed by atoms with van der Waals surface area (Å²) in [5.41, 5.74) is -2.12. The van der Waals surface area contributed by atoms with E-state index in [0.717, 1.165) is 14.0 Å². The predicted octanol–water partition coefficient (Wildman–Crippen LogP) is 1.33. The molecule has 0 aliphatic carbocycles. The van der Waals surface area contributed by atoms with Gasteiger partial charge in [0.15, 0.2) is 5.54 Å². The number of carbonyl (C=O) groups is 2. The number of aliphatic hydroxyl groups excluding tert-OH is 1. The Bertz CT molecular complexity index is 518. The van der Waals surface area contributed by atoms with Crippen molar-refractivity contribution in [3.63, 3.8) is 0 Å². The largest absolute Gasteiger partial charge is 0.471 e. The van der Waals surface area contributed by atoms with Gasteiger partial charge in [0.05, 0.1) is 7.11 Å². The SMILES string of the molecule is COC(=O)C(C)(NC(=O)C(F)(F)F)C(O)c1ccccc1. The monoisotopic (exact) mass is 305 g/mol. The second-order valence-electron chi connectivity index (χ2n) is 4.46. The van der Waals surface area contributed by atoms with Gasteiger partial charge in [-0.05, 0) is 12.5 Å². The topological polar surface area (TPSA) is 75.6 Å². The average molecular weight is 305 g/mol. The van der Waals surface area contributed by atoms with Gasteiger partial charge < -0.3 is 15.2 Å². The second kappa shape index (κ2) is 6.13. The Balaban J connectivity index is 3.16. The van der Waals surface area contributed by atoms with Gasteiger partial charge in [-0.2, -0.15) is 13.2 Å². The number of amides is 1. The minimum atomic E-state index is -5.19. The molecule has 0 bridgehead atoms. The van der Waals surface area contributed by atoms with Crippen LogP contribution in [-0.2, 0) is 14.3 Å². The number of aliphatic hydroxyl groups is 1. The van der Waals surface area contributed by atoms with Crippen molar-refractivity contribution in [3.05, 3.63) is 35.9 Å². The molecule has 5 nitrogen and oxygen atoms in total. The first-order valence-electron chi connectivity index (χ1n) is 5.83. The number of carbonyl (C=O) groups excluding carboxylic acids is 2. The number of alkyl halides is 3. The summed E-state index contributed by atoms with van der Waals surface area (Å²) in [7, 11) is 0.943. The molecule has 116 valence electrons. The highest BCUT2D eigenvalue weighted by Gasteiger charge is 2.49. The molecule has 0 aliphatic heterocycles. The molecule has 1 aromatic rings. The van der Waals surface area contributed by atoms with E-state index in [1.807, 2.05) is 0 Å². The number of rotatable bonds is 4. The summed E-state index contributed by atoms with van der Waals surface area (Å²) >= 11 is 0. The number of hydrogen-bond acceptors (Lipinski definition) is 4. The van der Waals surface area contributed by atoms with Gasteiger partial charge in [0.2, 0.25) is 0 Å². The highest BCUT2D eigenvalue weighted by molar-refractivity contribution is 5.90. The molecule has 0 fully saturated rings. The van der Waals surface area contributed by atoms with Gasteiger partial charge in [-0.1, -0.05) is 30.3 Å². The van der Waals surface area contributed by atoms with E-state index in [9.17, 15) is 27.9 Å². The van der Waals surface area contributed by atoms with Gasteiger partial charge >= 0.3 is 18.1 Å². The Kier molecular flexibility index (Phi) is 4.95. The molecule has 0 spiro atoms. The fourth-order valence-electron chi connectivity index (χ4n) is 1.72. The van der Waals surface area contributed by atoms with Crippen LogP contribution in [0.2, 0.25) is 0 Å². The van der Waals surface area contributed by atoms with E-state index < -0.39 is 29.7 Å². The summed E-state index contributed by atoms with van der Waals surface area (Å²) < 4.78 is 41.5. The number of esters is 1. The quantitative estimate of drug-likeness (QED) is 0.823. The van der Waals surface area contributed by atoms with E-state index in [-0.39, 0.29) is 5.56 Å². The molecule has 2 atom stereocenters. The number of benzene rings is 1. The Morgan fingerprint density at radius 1 is 1.24 bits per heavy atom. The molecule has 0 saturated carbocycles. The average Bonchev–Trinajstić information content (AvgIpc) is 2.45. The summed E-state index contributed by atoms with van der Waals surface area (Å²) in [4.78, 5) is 22.8. The molecule has 1 rings (SSSR count). The van der Waals surface area contributed by atoms with Crippen molar-refractivity contribution in [2.45, 2.75) is 24.7 Å². The third-order valence-electron chi connectivity index (χ3n) is 2.90. The van der Waals surface area contributed by atoms with Crippen LogP contribution in [0.5, 0.6) is 0 Å². The van der Waals surface area contributed by atoms with E-state index in [0.29, 0.717) is 0 Å². The fraction of sp³-hybridized carbons (Fsp3) is 0.385. The number of ether oxygens (including phenoxy) is 1.